The minimum absolute atomic E-state index is 0.0234. The highest BCUT2D eigenvalue weighted by atomic mass is 35.5. The second-order valence-electron chi connectivity index (χ2n) is 6.16. The number of rotatable bonds is 4. The van der Waals surface area contributed by atoms with Gasteiger partial charge in [0.2, 0.25) is 5.91 Å². The first-order valence-electron chi connectivity index (χ1n) is 7.98. The molecule has 2 heterocycles. The van der Waals surface area contributed by atoms with E-state index < -0.39 is 0 Å². The molecule has 3 rings (SSSR count). The lowest BCUT2D eigenvalue weighted by Crippen LogP contribution is -2.36. The molecular weight excluding hydrogens is 302 g/mol. The van der Waals surface area contributed by atoms with Crippen LogP contribution in [0.3, 0.4) is 0 Å². The summed E-state index contributed by atoms with van der Waals surface area (Å²) in [5, 5.41) is 10.3. The number of likely N-dealkylation sites (tertiary alicyclic amines) is 1. The second kappa shape index (κ2) is 6.09. The van der Waals surface area contributed by atoms with Gasteiger partial charge in [0.05, 0.1) is 12.6 Å². The van der Waals surface area contributed by atoms with Gasteiger partial charge in [-0.15, -0.1) is 0 Å². The van der Waals surface area contributed by atoms with E-state index >= 15 is 0 Å². The van der Waals surface area contributed by atoms with Gasteiger partial charge in [-0.1, -0.05) is 25.4 Å². The molecule has 1 saturated heterocycles. The van der Waals surface area contributed by atoms with Gasteiger partial charge in [0.25, 0.3) is 0 Å². The van der Waals surface area contributed by atoms with Crippen LogP contribution in [0.15, 0.2) is 18.2 Å². The van der Waals surface area contributed by atoms with E-state index in [0.29, 0.717) is 11.6 Å². The summed E-state index contributed by atoms with van der Waals surface area (Å²) in [5.41, 5.74) is 0.966. The largest absolute Gasteiger partial charge is 0.487 e. The molecule has 2 aliphatic rings. The van der Waals surface area contributed by atoms with Crippen molar-refractivity contribution in [1.29, 1.82) is 0 Å². The molecule has 4 nitrogen and oxygen atoms in total. The fourth-order valence-corrected chi connectivity index (χ4v) is 3.86. The molecule has 1 aromatic carbocycles. The number of halogens is 1. The highest BCUT2D eigenvalue weighted by molar-refractivity contribution is 6.30. The van der Waals surface area contributed by atoms with Crippen molar-refractivity contribution in [3.05, 3.63) is 28.8 Å². The van der Waals surface area contributed by atoms with Crippen molar-refractivity contribution < 1.29 is 14.6 Å². The summed E-state index contributed by atoms with van der Waals surface area (Å²) in [5.74, 6) is 0.920. The normalized spacial score (nSPS) is 26.0. The maximum atomic E-state index is 12.9. The Balaban J connectivity index is 1.96. The van der Waals surface area contributed by atoms with Crippen LogP contribution in [-0.2, 0) is 4.79 Å². The molecule has 0 aliphatic carbocycles. The van der Waals surface area contributed by atoms with Crippen molar-refractivity contribution in [2.24, 2.45) is 11.8 Å². The quantitative estimate of drug-likeness (QED) is 0.926. The summed E-state index contributed by atoms with van der Waals surface area (Å²) in [6.45, 7) is 4.65. The van der Waals surface area contributed by atoms with Gasteiger partial charge < -0.3 is 14.7 Å². The standard InChI is InChI=1S/C17H22ClNO3/c1-3-10(4-2)17(21)19-8-11(9-20)16-15(19)13-7-12(18)5-6-14(13)22-16/h5-7,10-11,15-16,20H,3-4,8-9H2,1-2H3/t11-,15-,16-/m0/s1. The number of hydrogen-bond acceptors (Lipinski definition) is 3. The predicted octanol–water partition coefficient (Wildman–Crippen LogP) is 3.03. The smallest absolute Gasteiger partial charge is 0.226 e. The van der Waals surface area contributed by atoms with Gasteiger partial charge in [-0.2, -0.15) is 0 Å². The second-order valence-corrected chi connectivity index (χ2v) is 6.59. The van der Waals surface area contributed by atoms with Crippen molar-refractivity contribution >= 4 is 17.5 Å². The van der Waals surface area contributed by atoms with Crippen LogP contribution in [0, 0.1) is 11.8 Å². The zero-order valence-electron chi connectivity index (χ0n) is 13.0. The van der Waals surface area contributed by atoms with E-state index in [4.69, 9.17) is 16.3 Å². The molecule has 120 valence electrons. The molecule has 0 bridgehead atoms. The average Bonchev–Trinajstić information content (AvgIpc) is 3.05. The monoisotopic (exact) mass is 323 g/mol. The molecule has 0 unspecified atom stereocenters. The number of aliphatic hydroxyl groups excluding tert-OH is 1. The molecule has 1 amide bonds. The predicted molar refractivity (Wildman–Crippen MR) is 85.0 cm³/mol. The van der Waals surface area contributed by atoms with E-state index in [9.17, 15) is 9.90 Å². The number of aliphatic hydroxyl groups is 1. The maximum absolute atomic E-state index is 12.9. The number of amides is 1. The van der Waals surface area contributed by atoms with Crippen molar-refractivity contribution in [2.45, 2.75) is 38.8 Å². The molecule has 0 radical (unpaired) electrons. The highest BCUT2D eigenvalue weighted by Gasteiger charge is 2.51. The third-order valence-corrected chi connectivity index (χ3v) is 5.18. The van der Waals surface area contributed by atoms with Crippen LogP contribution in [0.25, 0.3) is 0 Å². The Labute approximate surface area is 136 Å². The Morgan fingerprint density at radius 1 is 1.45 bits per heavy atom. The number of hydrogen-bond donors (Lipinski definition) is 1. The molecule has 1 aromatic rings. The molecule has 1 N–H and O–H groups in total. The van der Waals surface area contributed by atoms with Crippen molar-refractivity contribution in [2.75, 3.05) is 13.2 Å². The SMILES string of the molecule is CCC(CC)C(=O)N1C[C@@H](CO)[C@@H]2Oc3ccc(Cl)cc3[C@@H]21. The summed E-state index contributed by atoms with van der Waals surface area (Å²) < 4.78 is 6.00. The van der Waals surface area contributed by atoms with E-state index in [1.807, 2.05) is 30.9 Å². The fraction of sp³-hybridized carbons (Fsp3) is 0.588. The molecule has 22 heavy (non-hydrogen) atoms. The van der Waals surface area contributed by atoms with Crippen LogP contribution in [0.4, 0.5) is 0 Å². The van der Waals surface area contributed by atoms with Crippen LogP contribution in [0.5, 0.6) is 5.75 Å². The van der Waals surface area contributed by atoms with E-state index in [0.717, 1.165) is 24.2 Å². The lowest BCUT2D eigenvalue weighted by Gasteiger charge is -2.27. The number of benzene rings is 1. The maximum Gasteiger partial charge on any atom is 0.226 e. The Morgan fingerprint density at radius 3 is 2.82 bits per heavy atom. The number of ether oxygens (including phenoxy) is 1. The molecule has 0 spiro atoms. The Kier molecular flexibility index (Phi) is 4.33. The zero-order valence-corrected chi connectivity index (χ0v) is 13.7. The summed E-state index contributed by atoms with van der Waals surface area (Å²) in [4.78, 5) is 14.8. The Hall–Kier alpha value is -1.26. The van der Waals surface area contributed by atoms with Crippen LogP contribution < -0.4 is 4.74 Å². The number of carbonyl (C=O) groups excluding carboxylic acids is 1. The van der Waals surface area contributed by atoms with Gasteiger partial charge >= 0.3 is 0 Å². The van der Waals surface area contributed by atoms with Gasteiger partial charge in [-0.05, 0) is 31.0 Å². The molecular formula is C17H22ClNO3. The van der Waals surface area contributed by atoms with E-state index in [1.165, 1.54) is 0 Å². The number of nitrogens with zero attached hydrogens (tertiary/aromatic N) is 1. The van der Waals surface area contributed by atoms with Crippen LogP contribution in [0.1, 0.15) is 38.3 Å². The van der Waals surface area contributed by atoms with Gasteiger partial charge in [0.15, 0.2) is 0 Å². The fourth-order valence-electron chi connectivity index (χ4n) is 3.68. The van der Waals surface area contributed by atoms with Crippen molar-refractivity contribution in [3.8, 4) is 5.75 Å². The zero-order chi connectivity index (χ0) is 15.9. The summed E-state index contributed by atoms with van der Waals surface area (Å²) in [6.07, 6.45) is 1.49. The number of fused-ring (bicyclic) bond motifs is 3. The lowest BCUT2D eigenvalue weighted by molar-refractivity contribution is -0.137. The minimum Gasteiger partial charge on any atom is -0.487 e. The molecule has 0 saturated carbocycles. The first-order valence-corrected chi connectivity index (χ1v) is 8.35. The Morgan fingerprint density at radius 2 is 2.18 bits per heavy atom. The van der Waals surface area contributed by atoms with E-state index in [2.05, 4.69) is 0 Å². The minimum atomic E-state index is -0.170. The third-order valence-electron chi connectivity index (χ3n) is 4.95. The average molecular weight is 324 g/mol. The lowest BCUT2D eigenvalue weighted by atomic mass is 9.98. The van der Waals surface area contributed by atoms with Crippen molar-refractivity contribution in [3.63, 3.8) is 0 Å². The summed E-state index contributed by atoms with van der Waals surface area (Å²) in [7, 11) is 0. The molecule has 2 aliphatic heterocycles. The summed E-state index contributed by atoms with van der Waals surface area (Å²) >= 11 is 6.12. The van der Waals surface area contributed by atoms with E-state index in [1.54, 1.807) is 6.07 Å². The van der Waals surface area contributed by atoms with Crippen molar-refractivity contribution in [1.82, 2.24) is 4.90 Å². The van der Waals surface area contributed by atoms with Crippen LogP contribution >= 0.6 is 11.6 Å². The van der Waals surface area contributed by atoms with E-state index in [-0.39, 0.29) is 36.5 Å². The van der Waals surface area contributed by atoms with Gasteiger partial charge in [-0.25, -0.2) is 0 Å². The van der Waals surface area contributed by atoms with Crippen LogP contribution in [0.2, 0.25) is 5.02 Å². The van der Waals surface area contributed by atoms with Gasteiger partial charge in [0.1, 0.15) is 11.9 Å². The van der Waals surface area contributed by atoms with Gasteiger partial charge in [-0.3, -0.25) is 4.79 Å². The first-order chi connectivity index (χ1) is 10.6. The molecule has 0 aromatic heterocycles. The van der Waals surface area contributed by atoms with Crippen LogP contribution in [-0.4, -0.2) is 35.2 Å². The molecule has 3 atom stereocenters. The summed E-state index contributed by atoms with van der Waals surface area (Å²) in [6, 6.07) is 5.40. The third kappa shape index (κ3) is 2.38. The Bertz CT molecular complexity index is 573. The molecule has 1 fully saturated rings. The molecule has 5 heteroatoms. The number of carbonyl (C=O) groups is 1. The topological polar surface area (TPSA) is 49.8 Å². The highest BCUT2D eigenvalue weighted by Crippen LogP contribution is 2.48. The van der Waals surface area contributed by atoms with Gasteiger partial charge in [0, 0.05) is 29.0 Å². The first kappa shape index (κ1) is 15.6.